The van der Waals surface area contributed by atoms with Gasteiger partial charge in [-0.2, -0.15) is 0 Å². The third-order valence-electron chi connectivity index (χ3n) is 4.42. The lowest BCUT2D eigenvalue weighted by Gasteiger charge is -2.25. The van der Waals surface area contributed by atoms with E-state index in [4.69, 9.17) is 16.3 Å². The molecule has 0 saturated heterocycles. The number of halogens is 1. The van der Waals surface area contributed by atoms with Crippen LogP contribution < -0.4 is 10.1 Å². The average molecular weight is 327 g/mol. The van der Waals surface area contributed by atoms with Crippen LogP contribution in [0.5, 0.6) is 5.75 Å². The summed E-state index contributed by atoms with van der Waals surface area (Å²) >= 11 is 6.17. The van der Waals surface area contributed by atoms with Crippen LogP contribution in [-0.2, 0) is 6.42 Å². The Morgan fingerprint density at radius 1 is 1.22 bits per heavy atom. The van der Waals surface area contributed by atoms with Crippen LogP contribution in [0.2, 0.25) is 5.02 Å². The lowest BCUT2D eigenvalue weighted by Crippen LogP contribution is -2.30. The molecule has 1 atom stereocenters. The van der Waals surface area contributed by atoms with Crippen molar-refractivity contribution in [1.29, 1.82) is 0 Å². The van der Waals surface area contributed by atoms with E-state index in [-0.39, 0.29) is 6.04 Å². The van der Waals surface area contributed by atoms with Gasteiger partial charge in [0, 0.05) is 28.2 Å². The Balaban J connectivity index is 1.83. The van der Waals surface area contributed by atoms with E-state index in [9.17, 15) is 0 Å². The number of rotatable bonds is 3. The minimum Gasteiger partial charge on any atom is -0.494 e. The number of nitrogens with one attached hydrogen (secondary N) is 2. The molecule has 118 valence electrons. The van der Waals surface area contributed by atoms with Crippen LogP contribution in [-0.4, -0.2) is 18.1 Å². The van der Waals surface area contributed by atoms with E-state index in [1.807, 2.05) is 31.2 Å². The summed E-state index contributed by atoms with van der Waals surface area (Å²) in [5, 5.41) is 5.63. The molecule has 2 N–H and O–H groups in total. The molecule has 3 nitrogen and oxygen atoms in total. The molecule has 1 aliphatic rings. The average Bonchev–Trinajstić information content (AvgIpc) is 2.93. The van der Waals surface area contributed by atoms with Crippen molar-refractivity contribution in [3.05, 3.63) is 64.3 Å². The highest BCUT2D eigenvalue weighted by molar-refractivity contribution is 6.30. The van der Waals surface area contributed by atoms with Crippen molar-refractivity contribution in [3.8, 4) is 5.75 Å². The molecule has 1 unspecified atom stereocenters. The molecule has 23 heavy (non-hydrogen) atoms. The fourth-order valence-corrected chi connectivity index (χ4v) is 3.63. The first-order chi connectivity index (χ1) is 11.3. The van der Waals surface area contributed by atoms with Gasteiger partial charge in [0.25, 0.3) is 0 Å². The van der Waals surface area contributed by atoms with Crippen molar-refractivity contribution in [2.75, 3.05) is 13.2 Å². The van der Waals surface area contributed by atoms with Gasteiger partial charge in [-0.1, -0.05) is 23.7 Å². The summed E-state index contributed by atoms with van der Waals surface area (Å²) in [4.78, 5) is 3.59. The number of ether oxygens (including phenoxy) is 1. The van der Waals surface area contributed by atoms with Gasteiger partial charge in [0.15, 0.2) is 0 Å². The molecule has 2 aromatic carbocycles. The first-order valence-corrected chi connectivity index (χ1v) is 8.40. The number of aromatic amines is 1. The van der Waals surface area contributed by atoms with Crippen molar-refractivity contribution < 1.29 is 4.74 Å². The van der Waals surface area contributed by atoms with Gasteiger partial charge >= 0.3 is 0 Å². The Hall–Kier alpha value is -1.97. The highest BCUT2D eigenvalue weighted by atomic mass is 35.5. The molecular weight excluding hydrogens is 308 g/mol. The van der Waals surface area contributed by atoms with Crippen LogP contribution in [0.1, 0.15) is 29.8 Å². The van der Waals surface area contributed by atoms with Gasteiger partial charge in [-0.05, 0) is 54.8 Å². The SMILES string of the molecule is CCOc1ccc2[nH]c3c(c2c1)CCNC3c1cccc(Cl)c1. The molecule has 0 spiro atoms. The zero-order valence-corrected chi connectivity index (χ0v) is 13.8. The fraction of sp³-hybridized carbons (Fsp3) is 0.263. The first-order valence-electron chi connectivity index (χ1n) is 8.02. The number of hydrogen-bond acceptors (Lipinski definition) is 2. The van der Waals surface area contributed by atoms with E-state index in [0.29, 0.717) is 6.61 Å². The lowest BCUT2D eigenvalue weighted by atomic mass is 9.94. The summed E-state index contributed by atoms with van der Waals surface area (Å²) < 4.78 is 5.65. The monoisotopic (exact) mass is 326 g/mol. The Kier molecular flexibility index (Phi) is 3.76. The Morgan fingerprint density at radius 2 is 2.13 bits per heavy atom. The van der Waals surface area contributed by atoms with Gasteiger partial charge in [-0.3, -0.25) is 0 Å². The van der Waals surface area contributed by atoms with E-state index in [1.165, 1.54) is 22.2 Å². The van der Waals surface area contributed by atoms with Crippen LogP contribution in [0.3, 0.4) is 0 Å². The molecule has 0 saturated carbocycles. The van der Waals surface area contributed by atoms with E-state index in [2.05, 4.69) is 28.5 Å². The molecule has 3 aromatic rings. The second kappa shape index (κ2) is 5.91. The fourth-order valence-electron chi connectivity index (χ4n) is 3.43. The zero-order valence-electron chi connectivity index (χ0n) is 13.0. The maximum absolute atomic E-state index is 6.17. The van der Waals surface area contributed by atoms with Gasteiger partial charge in [0.2, 0.25) is 0 Å². The highest BCUT2D eigenvalue weighted by Gasteiger charge is 2.25. The van der Waals surface area contributed by atoms with E-state index >= 15 is 0 Å². The summed E-state index contributed by atoms with van der Waals surface area (Å²) in [5.74, 6) is 0.930. The van der Waals surface area contributed by atoms with Crippen molar-refractivity contribution >= 4 is 22.5 Å². The van der Waals surface area contributed by atoms with E-state index in [0.717, 1.165) is 29.3 Å². The maximum atomic E-state index is 6.17. The zero-order chi connectivity index (χ0) is 15.8. The summed E-state index contributed by atoms with van der Waals surface area (Å²) in [5.41, 5.74) is 4.97. The van der Waals surface area contributed by atoms with E-state index < -0.39 is 0 Å². The molecule has 0 radical (unpaired) electrons. The number of hydrogen-bond donors (Lipinski definition) is 2. The second-order valence-electron chi connectivity index (χ2n) is 5.85. The predicted molar refractivity (Wildman–Crippen MR) is 94.5 cm³/mol. The van der Waals surface area contributed by atoms with Crippen molar-refractivity contribution in [2.45, 2.75) is 19.4 Å². The van der Waals surface area contributed by atoms with Crippen molar-refractivity contribution in [1.82, 2.24) is 10.3 Å². The minimum atomic E-state index is 0.153. The normalized spacial score (nSPS) is 17.2. The molecular formula is C19H19ClN2O. The molecule has 4 rings (SSSR count). The van der Waals surface area contributed by atoms with Gasteiger partial charge in [-0.25, -0.2) is 0 Å². The van der Waals surface area contributed by atoms with Crippen molar-refractivity contribution in [3.63, 3.8) is 0 Å². The molecule has 1 aromatic heterocycles. The summed E-state index contributed by atoms with van der Waals surface area (Å²) in [7, 11) is 0. The summed E-state index contributed by atoms with van der Waals surface area (Å²) in [6, 6.07) is 14.5. The Morgan fingerprint density at radius 3 is 2.96 bits per heavy atom. The van der Waals surface area contributed by atoms with Crippen LogP contribution in [0.25, 0.3) is 10.9 Å². The van der Waals surface area contributed by atoms with Gasteiger partial charge < -0.3 is 15.0 Å². The smallest absolute Gasteiger partial charge is 0.120 e. The second-order valence-corrected chi connectivity index (χ2v) is 6.29. The van der Waals surface area contributed by atoms with Gasteiger partial charge in [0.1, 0.15) is 5.75 Å². The molecule has 0 amide bonds. The molecule has 0 fully saturated rings. The van der Waals surface area contributed by atoms with Gasteiger partial charge in [-0.15, -0.1) is 0 Å². The predicted octanol–water partition coefficient (Wildman–Crippen LogP) is 4.46. The van der Waals surface area contributed by atoms with Crippen LogP contribution in [0, 0.1) is 0 Å². The molecule has 2 heterocycles. The molecule has 4 heteroatoms. The number of aromatic nitrogens is 1. The summed E-state index contributed by atoms with van der Waals surface area (Å²) in [6.07, 6.45) is 1.02. The number of benzene rings is 2. The number of fused-ring (bicyclic) bond motifs is 3. The minimum absolute atomic E-state index is 0.153. The van der Waals surface area contributed by atoms with Crippen LogP contribution in [0.4, 0.5) is 0 Å². The molecule has 0 aliphatic carbocycles. The molecule has 0 bridgehead atoms. The standard InChI is InChI=1S/C19H19ClN2O/c1-2-23-14-6-7-17-16(11-14)15-8-9-21-18(19(15)22-17)12-4-3-5-13(20)10-12/h3-7,10-11,18,21-22H,2,8-9H2,1H3. The van der Waals surface area contributed by atoms with Gasteiger partial charge in [0.05, 0.1) is 12.6 Å². The van der Waals surface area contributed by atoms with Crippen molar-refractivity contribution in [2.24, 2.45) is 0 Å². The van der Waals surface area contributed by atoms with Crippen LogP contribution >= 0.6 is 11.6 Å². The highest BCUT2D eigenvalue weighted by Crippen LogP contribution is 2.35. The largest absolute Gasteiger partial charge is 0.494 e. The topological polar surface area (TPSA) is 37.0 Å². The third kappa shape index (κ3) is 2.60. The lowest BCUT2D eigenvalue weighted by molar-refractivity contribution is 0.340. The molecule has 1 aliphatic heterocycles. The Labute approximate surface area is 140 Å². The number of H-pyrrole nitrogens is 1. The first kappa shape index (κ1) is 14.6. The van der Waals surface area contributed by atoms with E-state index in [1.54, 1.807) is 0 Å². The Bertz CT molecular complexity index is 856. The van der Waals surface area contributed by atoms with Crippen LogP contribution in [0.15, 0.2) is 42.5 Å². The quantitative estimate of drug-likeness (QED) is 0.746. The third-order valence-corrected chi connectivity index (χ3v) is 4.65. The summed E-state index contributed by atoms with van der Waals surface area (Å²) in [6.45, 7) is 3.65. The maximum Gasteiger partial charge on any atom is 0.120 e.